The maximum absolute atomic E-state index is 13.7. The molecule has 1 atom stereocenters. The highest BCUT2D eigenvalue weighted by Crippen LogP contribution is 2.26. The van der Waals surface area contributed by atoms with Crippen LogP contribution >= 0.6 is 0 Å². The van der Waals surface area contributed by atoms with Crippen LogP contribution in [-0.2, 0) is 30.8 Å². The third-order valence-electron chi connectivity index (χ3n) is 6.55. The van der Waals surface area contributed by atoms with Gasteiger partial charge < -0.3 is 15.0 Å². The first-order valence-corrected chi connectivity index (χ1v) is 12.4. The molecule has 0 unspecified atom stereocenters. The van der Waals surface area contributed by atoms with Crippen molar-refractivity contribution in [1.29, 1.82) is 0 Å². The Morgan fingerprint density at radius 3 is 2.58 bits per heavy atom. The highest BCUT2D eigenvalue weighted by Gasteiger charge is 2.26. The van der Waals surface area contributed by atoms with Crippen LogP contribution in [0, 0.1) is 0 Å². The van der Waals surface area contributed by atoms with E-state index in [1.54, 1.807) is 11.0 Å². The molecule has 0 aliphatic carbocycles. The molecule has 36 heavy (non-hydrogen) atoms. The third kappa shape index (κ3) is 5.92. The zero-order valence-corrected chi connectivity index (χ0v) is 20.3. The molecule has 7 nitrogen and oxygen atoms in total. The largest absolute Gasteiger partial charge is 0.491 e. The number of ether oxygens (including phenoxy) is 1. The number of para-hydroxylation sites is 2. The van der Waals surface area contributed by atoms with Crippen molar-refractivity contribution in [2.24, 2.45) is 0 Å². The molecule has 0 fully saturated rings. The van der Waals surface area contributed by atoms with Gasteiger partial charge in [0.2, 0.25) is 5.91 Å². The molecule has 0 radical (unpaired) electrons. The summed E-state index contributed by atoms with van der Waals surface area (Å²) >= 11 is 0. The lowest BCUT2D eigenvalue weighted by Gasteiger charge is -2.33. The van der Waals surface area contributed by atoms with E-state index in [0.29, 0.717) is 45.5 Å². The number of nitrogens with zero attached hydrogens (tertiary/aromatic N) is 4. The van der Waals surface area contributed by atoms with Crippen molar-refractivity contribution in [3.8, 4) is 5.75 Å². The average molecular weight is 482 g/mol. The minimum atomic E-state index is -0.120. The van der Waals surface area contributed by atoms with E-state index in [1.165, 1.54) is 11.9 Å². The van der Waals surface area contributed by atoms with Gasteiger partial charge in [-0.3, -0.25) is 9.48 Å². The number of anilines is 1. The van der Waals surface area contributed by atoms with Gasteiger partial charge in [-0.1, -0.05) is 66.7 Å². The first kappa shape index (κ1) is 23.6. The second-order valence-electron chi connectivity index (χ2n) is 9.06. The second-order valence-corrected chi connectivity index (χ2v) is 9.06. The molecule has 1 amide bonds. The minimum Gasteiger partial charge on any atom is -0.491 e. The summed E-state index contributed by atoms with van der Waals surface area (Å²) in [6.45, 7) is 2.25. The van der Waals surface area contributed by atoms with Crippen LogP contribution in [0.25, 0.3) is 0 Å². The molecule has 7 heteroatoms. The summed E-state index contributed by atoms with van der Waals surface area (Å²) in [5, 5.41) is 7.73. The Morgan fingerprint density at radius 2 is 1.75 bits per heavy atom. The van der Waals surface area contributed by atoms with Crippen molar-refractivity contribution in [1.82, 2.24) is 19.7 Å². The number of rotatable bonds is 6. The van der Waals surface area contributed by atoms with Gasteiger partial charge in [-0.15, -0.1) is 0 Å². The van der Waals surface area contributed by atoms with Gasteiger partial charge in [0, 0.05) is 37.3 Å². The van der Waals surface area contributed by atoms with Gasteiger partial charge in [0.1, 0.15) is 25.0 Å². The molecular formula is C29H31N5O2. The van der Waals surface area contributed by atoms with Crippen LogP contribution in [-0.4, -0.2) is 38.2 Å². The fraction of sp³-hybridized carbons (Fsp3) is 0.276. The van der Waals surface area contributed by atoms with Crippen molar-refractivity contribution in [2.75, 3.05) is 11.9 Å². The Hall–Kier alpha value is -4.13. The summed E-state index contributed by atoms with van der Waals surface area (Å²) in [5.74, 6) is 0.961. The summed E-state index contributed by atoms with van der Waals surface area (Å²) in [5.41, 5.74) is 4.41. The van der Waals surface area contributed by atoms with Crippen LogP contribution in [0.4, 0.5) is 5.69 Å². The molecule has 0 bridgehead atoms. The van der Waals surface area contributed by atoms with Gasteiger partial charge in [0.25, 0.3) is 0 Å². The number of hydrogen-bond donors (Lipinski definition) is 1. The van der Waals surface area contributed by atoms with E-state index in [9.17, 15) is 4.79 Å². The predicted octanol–water partition coefficient (Wildman–Crippen LogP) is 4.70. The molecule has 1 aliphatic heterocycles. The molecule has 0 spiro atoms. The summed E-state index contributed by atoms with van der Waals surface area (Å²) in [6, 6.07) is 26.6. The number of hydrogen-bond acceptors (Lipinski definition) is 5. The van der Waals surface area contributed by atoms with Gasteiger partial charge in [-0.2, -0.15) is 5.10 Å². The first-order valence-electron chi connectivity index (χ1n) is 12.4. The minimum absolute atomic E-state index is 0.113. The Kier molecular flexibility index (Phi) is 7.56. The predicted molar refractivity (Wildman–Crippen MR) is 139 cm³/mol. The molecule has 5 rings (SSSR count). The molecule has 1 aromatic heterocycles. The topological polar surface area (TPSA) is 72.3 Å². The number of carbonyl (C=O) groups is 1. The quantitative estimate of drug-likeness (QED) is 0.432. The molecule has 1 N–H and O–H groups in total. The van der Waals surface area contributed by atoms with E-state index in [2.05, 4.69) is 45.7 Å². The van der Waals surface area contributed by atoms with Crippen molar-refractivity contribution < 1.29 is 9.53 Å². The molecule has 0 saturated heterocycles. The zero-order chi connectivity index (χ0) is 24.6. The van der Waals surface area contributed by atoms with Crippen molar-refractivity contribution in [3.63, 3.8) is 0 Å². The summed E-state index contributed by atoms with van der Waals surface area (Å²) in [6.07, 6.45) is 5.04. The monoisotopic (exact) mass is 481 g/mol. The fourth-order valence-electron chi connectivity index (χ4n) is 4.63. The van der Waals surface area contributed by atoms with Gasteiger partial charge in [-0.25, -0.2) is 4.98 Å². The summed E-state index contributed by atoms with van der Waals surface area (Å²) < 4.78 is 8.16. The lowest BCUT2D eigenvalue weighted by atomic mass is 10.0. The molecule has 184 valence electrons. The first-order chi connectivity index (χ1) is 17.8. The van der Waals surface area contributed by atoms with Gasteiger partial charge in [0.05, 0.1) is 6.04 Å². The standard InChI is InChI=1S/C29H31N5O2/c35-29(15-8-16-33-22-30-21-32-33)34-19-25-12-4-6-13-27(25)31-18-24-11-5-7-14-28(24)36-20-26(34)17-23-9-2-1-3-10-23/h1-7,9-14,21-22,26,31H,8,15-20H2/t26-/m0/s1. The second kappa shape index (κ2) is 11.5. The van der Waals surface area contributed by atoms with Crippen LogP contribution in [0.15, 0.2) is 91.5 Å². The maximum Gasteiger partial charge on any atom is 0.223 e. The Bertz CT molecular complexity index is 1260. The van der Waals surface area contributed by atoms with Crippen LogP contribution < -0.4 is 10.1 Å². The molecule has 1 aliphatic rings. The summed E-state index contributed by atoms with van der Waals surface area (Å²) in [7, 11) is 0. The fourth-order valence-corrected chi connectivity index (χ4v) is 4.63. The Balaban J connectivity index is 1.46. The molecular weight excluding hydrogens is 450 g/mol. The SMILES string of the molecule is O=C(CCCn1cncn1)N1Cc2ccccc2NCc2ccccc2OC[C@@H]1Cc1ccccc1. The smallest absolute Gasteiger partial charge is 0.223 e. The van der Waals surface area contributed by atoms with E-state index in [1.807, 2.05) is 53.4 Å². The van der Waals surface area contributed by atoms with E-state index in [-0.39, 0.29) is 11.9 Å². The number of nitrogens with one attached hydrogen (secondary N) is 1. The van der Waals surface area contributed by atoms with E-state index < -0.39 is 0 Å². The van der Waals surface area contributed by atoms with Gasteiger partial charge in [-0.05, 0) is 36.1 Å². The summed E-state index contributed by atoms with van der Waals surface area (Å²) in [4.78, 5) is 19.7. The molecule has 3 aromatic carbocycles. The molecule has 0 saturated carbocycles. The van der Waals surface area contributed by atoms with Crippen LogP contribution in [0.1, 0.15) is 29.5 Å². The lowest BCUT2D eigenvalue weighted by molar-refractivity contribution is -0.135. The average Bonchev–Trinajstić information content (AvgIpc) is 3.43. The third-order valence-corrected chi connectivity index (χ3v) is 6.55. The van der Waals surface area contributed by atoms with Crippen LogP contribution in [0.5, 0.6) is 5.75 Å². The van der Waals surface area contributed by atoms with Crippen molar-refractivity contribution in [3.05, 3.63) is 108 Å². The van der Waals surface area contributed by atoms with E-state index in [0.717, 1.165) is 22.6 Å². The number of amides is 1. The number of benzene rings is 3. The lowest BCUT2D eigenvalue weighted by Crippen LogP contribution is -2.44. The number of aromatic nitrogens is 3. The highest BCUT2D eigenvalue weighted by atomic mass is 16.5. The van der Waals surface area contributed by atoms with Gasteiger partial charge in [0.15, 0.2) is 0 Å². The zero-order valence-electron chi connectivity index (χ0n) is 20.3. The van der Waals surface area contributed by atoms with E-state index in [4.69, 9.17) is 4.74 Å². The number of aryl methyl sites for hydroxylation is 1. The molecule has 2 heterocycles. The Labute approximate surface area is 211 Å². The van der Waals surface area contributed by atoms with E-state index >= 15 is 0 Å². The van der Waals surface area contributed by atoms with Gasteiger partial charge >= 0.3 is 0 Å². The number of fused-ring (bicyclic) bond motifs is 2. The maximum atomic E-state index is 13.7. The van der Waals surface area contributed by atoms with Crippen molar-refractivity contribution in [2.45, 2.75) is 44.9 Å². The Morgan fingerprint density at radius 1 is 0.972 bits per heavy atom. The highest BCUT2D eigenvalue weighted by molar-refractivity contribution is 5.77. The molecule has 4 aromatic rings. The number of carbonyl (C=O) groups excluding carboxylic acids is 1. The normalized spacial score (nSPS) is 15.6. The van der Waals surface area contributed by atoms with Crippen molar-refractivity contribution >= 4 is 11.6 Å². The van der Waals surface area contributed by atoms with Crippen LogP contribution in [0.3, 0.4) is 0 Å². The van der Waals surface area contributed by atoms with Crippen LogP contribution in [0.2, 0.25) is 0 Å².